The van der Waals surface area contributed by atoms with Gasteiger partial charge in [-0.3, -0.25) is 0 Å². The molecule has 1 unspecified atom stereocenters. The van der Waals surface area contributed by atoms with Gasteiger partial charge in [0.05, 0.1) is 11.1 Å². The Morgan fingerprint density at radius 1 is 1.47 bits per heavy atom. The highest BCUT2D eigenvalue weighted by Gasteiger charge is 2.09. The maximum Gasteiger partial charge on any atom is 0.0914 e. The molecule has 0 bridgehead atoms. The van der Waals surface area contributed by atoms with E-state index in [-0.39, 0.29) is 6.61 Å². The standard InChI is InChI=1S/C12H18ClNO2S/c1-17-12-4-3-9(7-10(12)13)11(16)8-14-5-2-6-15/h3-4,7,11,14-16H,2,5-6,8H2,1H3. The van der Waals surface area contributed by atoms with E-state index in [0.29, 0.717) is 24.5 Å². The SMILES string of the molecule is CSc1ccc(C(O)CNCCCO)cc1Cl. The molecule has 17 heavy (non-hydrogen) atoms. The molecule has 0 spiro atoms. The van der Waals surface area contributed by atoms with Crippen molar-refractivity contribution in [2.24, 2.45) is 0 Å². The minimum absolute atomic E-state index is 0.164. The highest BCUT2D eigenvalue weighted by atomic mass is 35.5. The number of rotatable bonds is 7. The third kappa shape index (κ3) is 4.85. The van der Waals surface area contributed by atoms with Crippen LogP contribution in [0.2, 0.25) is 5.02 Å². The zero-order valence-corrected chi connectivity index (χ0v) is 11.4. The summed E-state index contributed by atoms with van der Waals surface area (Å²) in [5, 5.41) is 22.3. The molecule has 1 aromatic rings. The third-order valence-corrected chi connectivity index (χ3v) is 3.63. The summed E-state index contributed by atoms with van der Waals surface area (Å²) in [5.41, 5.74) is 0.810. The van der Waals surface area contributed by atoms with Gasteiger partial charge in [-0.2, -0.15) is 0 Å². The van der Waals surface area contributed by atoms with Crippen molar-refractivity contribution in [3.05, 3.63) is 28.8 Å². The molecule has 3 N–H and O–H groups in total. The number of aliphatic hydroxyl groups is 2. The van der Waals surface area contributed by atoms with Crippen molar-refractivity contribution in [1.82, 2.24) is 5.32 Å². The highest BCUT2D eigenvalue weighted by Crippen LogP contribution is 2.28. The number of hydrogen-bond acceptors (Lipinski definition) is 4. The molecule has 1 rings (SSSR count). The molecule has 1 aromatic carbocycles. The first-order valence-corrected chi connectivity index (χ1v) is 7.12. The lowest BCUT2D eigenvalue weighted by Crippen LogP contribution is -2.23. The van der Waals surface area contributed by atoms with E-state index in [1.54, 1.807) is 17.8 Å². The van der Waals surface area contributed by atoms with E-state index in [1.165, 1.54) is 0 Å². The van der Waals surface area contributed by atoms with Crippen LogP contribution in [-0.2, 0) is 0 Å². The number of hydrogen-bond donors (Lipinski definition) is 3. The van der Waals surface area contributed by atoms with Crippen LogP contribution in [0.3, 0.4) is 0 Å². The van der Waals surface area contributed by atoms with Crippen molar-refractivity contribution in [1.29, 1.82) is 0 Å². The molecule has 0 saturated carbocycles. The van der Waals surface area contributed by atoms with E-state index >= 15 is 0 Å². The lowest BCUT2D eigenvalue weighted by molar-refractivity contribution is 0.173. The molecule has 0 aromatic heterocycles. The Morgan fingerprint density at radius 3 is 2.82 bits per heavy atom. The molecule has 0 fully saturated rings. The van der Waals surface area contributed by atoms with Crippen LogP contribution in [0.1, 0.15) is 18.1 Å². The first-order chi connectivity index (χ1) is 8.19. The Kier molecular flexibility index (Phi) is 6.92. The topological polar surface area (TPSA) is 52.5 Å². The van der Waals surface area contributed by atoms with Gasteiger partial charge in [-0.15, -0.1) is 11.8 Å². The molecule has 0 saturated heterocycles. The van der Waals surface area contributed by atoms with Crippen LogP contribution in [0.5, 0.6) is 0 Å². The average Bonchev–Trinajstić information content (AvgIpc) is 2.34. The van der Waals surface area contributed by atoms with Crippen molar-refractivity contribution in [2.75, 3.05) is 26.0 Å². The maximum absolute atomic E-state index is 9.92. The quantitative estimate of drug-likeness (QED) is 0.527. The Morgan fingerprint density at radius 2 is 2.24 bits per heavy atom. The summed E-state index contributed by atoms with van der Waals surface area (Å²) in [6.07, 6.45) is 2.09. The number of benzene rings is 1. The lowest BCUT2D eigenvalue weighted by atomic mass is 10.1. The van der Waals surface area contributed by atoms with Gasteiger partial charge in [0.1, 0.15) is 0 Å². The summed E-state index contributed by atoms with van der Waals surface area (Å²) in [7, 11) is 0. The normalized spacial score (nSPS) is 12.7. The van der Waals surface area contributed by atoms with Crippen molar-refractivity contribution < 1.29 is 10.2 Å². The van der Waals surface area contributed by atoms with Crippen LogP contribution in [0.15, 0.2) is 23.1 Å². The highest BCUT2D eigenvalue weighted by molar-refractivity contribution is 7.98. The fourth-order valence-electron chi connectivity index (χ4n) is 1.45. The maximum atomic E-state index is 9.92. The van der Waals surface area contributed by atoms with Crippen molar-refractivity contribution in [3.63, 3.8) is 0 Å². The summed E-state index contributed by atoms with van der Waals surface area (Å²) >= 11 is 7.66. The first kappa shape index (κ1) is 14.8. The van der Waals surface area contributed by atoms with Crippen LogP contribution in [0.4, 0.5) is 0 Å². The van der Waals surface area contributed by atoms with Crippen LogP contribution >= 0.6 is 23.4 Å². The first-order valence-electron chi connectivity index (χ1n) is 5.52. The van der Waals surface area contributed by atoms with E-state index in [9.17, 15) is 5.11 Å². The average molecular weight is 276 g/mol. The van der Waals surface area contributed by atoms with Gasteiger partial charge in [0.15, 0.2) is 0 Å². The molecule has 0 heterocycles. The van der Waals surface area contributed by atoms with Crippen molar-refractivity contribution in [3.8, 4) is 0 Å². The molecule has 5 heteroatoms. The fourth-order valence-corrected chi connectivity index (χ4v) is 2.33. The molecule has 0 aliphatic heterocycles. The molecule has 3 nitrogen and oxygen atoms in total. The van der Waals surface area contributed by atoms with Gasteiger partial charge in [-0.05, 0) is 36.9 Å². The molecule has 0 amide bonds. The largest absolute Gasteiger partial charge is 0.396 e. The minimum atomic E-state index is -0.568. The minimum Gasteiger partial charge on any atom is -0.396 e. The van der Waals surface area contributed by atoms with Gasteiger partial charge < -0.3 is 15.5 Å². The Labute approximate surface area is 111 Å². The summed E-state index contributed by atoms with van der Waals surface area (Å²) < 4.78 is 0. The van der Waals surface area contributed by atoms with Gasteiger partial charge in [0.25, 0.3) is 0 Å². The summed E-state index contributed by atoms with van der Waals surface area (Å²) in [4.78, 5) is 1.01. The van der Waals surface area contributed by atoms with E-state index in [2.05, 4.69) is 5.32 Å². The summed E-state index contributed by atoms with van der Waals surface area (Å²) in [5.74, 6) is 0. The summed E-state index contributed by atoms with van der Waals surface area (Å²) in [6, 6.07) is 5.60. The monoisotopic (exact) mass is 275 g/mol. The van der Waals surface area contributed by atoms with E-state index in [1.807, 2.05) is 18.4 Å². The molecular formula is C12H18ClNO2S. The van der Waals surface area contributed by atoms with E-state index in [4.69, 9.17) is 16.7 Å². The molecular weight excluding hydrogens is 258 g/mol. The number of thioether (sulfide) groups is 1. The third-order valence-electron chi connectivity index (χ3n) is 2.41. The zero-order chi connectivity index (χ0) is 12.7. The van der Waals surface area contributed by atoms with E-state index < -0.39 is 6.10 Å². The molecule has 0 aliphatic carbocycles. The second-order valence-corrected chi connectivity index (χ2v) is 4.95. The van der Waals surface area contributed by atoms with Gasteiger partial charge in [0, 0.05) is 18.0 Å². The van der Waals surface area contributed by atoms with Crippen molar-refractivity contribution >= 4 is 23.4 Å². The molecule has 96 valence electrons. The molecule has 0 aliphatic rings. The lowest BCUT2D eigenvalue weighted by Gasteiger charge is -2.13. The summed E-state index contributed by atoms with van der Waals surface area (Å²) in [6.45, 7) is 1.33. The molecule has 0 radical (unpaired) electrons. The Balaban J connectivity index is 2.51. The Bertz CT molecular complexity index is 349. The predicted molar refractivity (Wildman–Crippen MR) is 72.8 cm³/mol. The fraction of sp³-hybridized carbons (Fsp3) is 0.500. The predicted octanol–water partition coefficient (Wildman–Crippen LogP) is 2.07. The second-order valence-electron chi connectivity index (χ2n) is 3.69. The van der Waals surface area contributed by atoms with Gasteiger partial charge in [-0.1, -0.05) is 17.7 Å². The van der Waals surface area contributed by atoms with Crippen LogP contribution in [0, 0.1) is 0 Å². The van der Waals surface area contributed by atoms with E-state index in [0.717, 1.165) is 10.5 Å². The Hall–Kier alpha value is -0.260. The molecule has 1 atom stereocenters. The van der Waals surface area contributed by atoms with Crippen LogP contribution < -0.4 is 5.32 Å². The van der Waals surface area contributed by atoms with Crippen LogP contribution in [-0.4, -0.2) is 36.2 Å². The zero-order valence-electron chi connectivity index (χ0n) is 9.82. The van der Waals surface area contributed by atoms with Gasteiger partial charge in [0.2, 0.25) is 0 Å². The number of nitrogens with one attached hydrogen (secondary N) is 1. The van der Waals surface area contributed by atoms with Crippen LogP contribution in [0.25, 0.3) is 0 Å². The van der Waals surface area contributed by atoms with Gasteiger partial charge >= 0.3 is 0 Å². The van der Waals surface area contributed by atoms with Gasteiger partial charge in [-0.25, -0.2) is 0 Å². The smallest absolute Gasteiger partial charge is 0.0914 e. The number of aliphatic hydroxyl groups excluding tert-OH is 2. The number of halogens is 1. The van der Waals surface area contributed by atoms with Crippen molar-refractivity contribution in [2.45, 2.75) is 17.4 Å². The second kappa shape index (κ2) is 7.95.